The Bertz CT molecular complexity index is 421. The molecule has 1 N–H and O–H groups in total. The SMILES string of the molecule is CCC(c1cccc(Cl)c1)N1CC2CCCNC2C1. The number of halogens is 1. The first kappa shape index (κ1) is 13.4. The molecule has 2 saturated heterocycles. The van der Waals surface area contributed by atoms with Crippen molar-refractivity contribution in [3.8, 4) is 0 Å². The van der Waals surface area contributed by atoms with Crippen LogP contribution in [0.15, 0.2) is 24.3 Å². The van der Waals surface area contributed by atoms with E-state index in [1.165, 1.54) is 38.0 Å². The van der Waals surface area contributed by atoms with Crippen LogP contribution in [-0.2, 0) is 0 Å². The number of piperidine rings is 1. The van der Waals surface area contributed by atoms with Gasteiger partial charge in [-0.3, -0.25) is 4.90 Å². The Kier molecular flexibility index (Phi) is 4.11. The van der Waals surface area contributed by atoms with Gasteiger partial charge in [0.1, 0.15) is 0 Å². The van der Waals surface area contributed by atoms with Gasteiger partial charge in [0.15, 0.2) is 0 Å². The number of fused-ring (bicyclic) bond motifs is 1. The highest BCUT2D eigenvalue weighted by Crippen LogP contribution is 2.33. The molecule has 0 radical (unpaired) electrons. The fraction of sp³-hybridized carbons (Fsp3) is 0.625. The minimum Gasteiger partial charge on any atom is -0.312 e. The average Bonchev–Trinajstić information content (AvgIpc) is 2.83. The molecule has 0 saturated carbocycles. The van der Waals surface area contributed by atoms with Gasteiger partial charge in [0.25, 0.3) is 0 Å². The molecule has 0 amide bonds. The number of hydrogen-bond acceptors (Lipinski definition) is 2. The lowest BCUT2D eigenvalue weighted by Crippen LogP contribution is -2.40. The molecular weight excluding hydrogens is 256 g/mol. The van der Waals surface area contributed by atoms with Gasteiger partial charge in [-0.2, -0.15) is 0 Å². The van der Waals surface area contributed by atoms with Crippen molar-refractivity contribution in [2.75, 3.05) is 19.6 Å². The molecule has 0 spiro atoms. The zero-order valence-corrected chi connectivity index (χ0v) is 12.4. The largest absolute Gasteiger partial charge is 0.312 e. The van der Waals surface area contributed by atoms with E-state index in [4.69, 9.17) is 11.6 Å². The zero-order chi connectivity index (χ0) is 13.2. The zero-order valence-electron chi connectivity index (χ0n) is 11.6. The monoisotopic (exact) mass is 278 g/mol. The summed E-state index contributed by atoms with van der Waals surface area (Å²) in [5, 5.41) is 4.54. The van der Waals surface area contributed by atoms with E-state index in [9.17, 15) is 0 Å². The Morgan fingerprint density at radius 3 is 3.05 bits per heavy atom. The maximum atomic E-state index is 6.14. The second-order valence-corrected chi connectivity index (χ2v) is 6.33. The van der Waals surface area contributed by atoms with Crippen LogP contribution >= 0.6 is 11.6 Å². The Morgan fingerprint density at radius 2 is 2.32 bits per heavy atom. The van der Waals surface area contributed by atoms with Crippen molar-refractivity contribution in [2.45, 2.75) is 38.3 Å². The molecule has 1 aromatic rings. The summed E-state index contributed by atoms with van der Waals surface area (Å²) in [5.74, 6) is 0.849. The minimum atomic E-state index is 0.520. The van der Waals surface area contributed by atoms with Crippen LogP contribution in [0.25, 0.3) is 0 Å². The Morgan fingerprint density at radius 1 is 1.42 bits per heavy atom. The molecule has 2 aliphatic rings. The van der Waals surface area contributed by atoms with Crippen LogP contribution in [-0.4, -0.2) is 30.6 Å². The number of rotatable bonds is 3. The highest BCUT2D eigenvalue weighted by Gasteiger charge is 2.36. The second kappa shape index (κ2) is 5.82. The lowest BCUT2D eigenvalue weighted by molar-refractivity contribution is 0.228. The van der Waals surface area contributed by atoms with Crippen molar-refractivity contribution in [2.24, 2.45) is 5.92 Å². The standard InChI is InChI=1S/C16H23ClN2/c1-2-16(12-5-3-7-14(17)9-12)19-10-13-6-4-8-18-15(13)11-19/h3,5,7,9,13,15-16,18H,2,4,6,8,10-11H2,1H3. The Labute approximate surface area is 121 Å². The molecular formula is C16H23ClN2. The van der Waals surface area contributed by atoms with Crippen LogP contribution < -0.4 is 5.32 Å². The first-order valence-corrected chi connectivity index (χ1v) is 7.88. The van der Waals surface area contributed by atoms with E-state index < -0.39 is 0 Å². The van der Waals surface area contributed by atoms with Gasteiger partial charge in [0, 0.05) is 30.2 Å². The molecule has 2 heterocycles. The van der Waals surface area contributed by atoms with Crippen LogP contribution in [0.1, 0.15) is 37.8 Å². The van der Waals surface area contributed by atoms with E-state index in [2.05, 4.69) is 35.3 Å². The normalized spacial score (nSPS) is 29.2. The summed E-state index contributed by atoms with van der Waals surface area (Å²) in [4.78, 5) is 2.65. The summed E-state index contributed by atoms with van der Waals surface area (Å²) in [6.45, 7) is 5.91. The number of likely N-dealkylation sites (tertiary alicyclic amines) is 1. The molecule has 3 rings (SSSR count). The molecule has 2 aliphatic heterocycles. The van der Waals surface area contributed by atoms with Gasteiger partial charge >= 0.3 is 0 Å². The van der Waals surface area contributed by atoms with Gasteiger partial charge < -0.3 is 5.32 Å². The maximum absolute atomic E-state index is 6.14. The summed E-state index contributed by atoms with van der Waals surface area (Å²) in [6, 6.07) is 9.61. The number of nitrogens with zero attached hydrogens (tertiary/aromatic N) is 1. The summed E-state index contributed by atoms with van der Waals surface area (Å²) in [7, 11) is 0. The molecule has 104 valence electrons. The van der Waals surface area contributed by atoms with Crippen LogP contribution in [0.4, 0.5) is 0 Å². The van der Waals surface area contributed by atoms with Gasteiger partial charge in [0.2, 0.25) is 0 Å². The summed E-state index contributed by atoms with van der Waals surface area (Å²) < 4.78 is 0. The number of nitrogens with one attached hydrogen (secondary N) is 1. The predicted octanol–water partition coefficient (Wildman–Crippen LogP) is 3.47. The summed E-state index contributed by atoms with van der Waals surface area (Å²) in [6.07, 6.45) is 3.88. The van der Waals surface area contributed by atoms with Gasteiger partial charge in [-0.25, -0.2) is 0 Å². The van der Waals surface area contributed by atoms with Crippen LogP contribution in [0.3, 0.4) is 0 Å². The van der Waals surface area contributed by atoms with Crippen molar-refractivity contribution in [1.82, 2.24) is 10.2 Å². The highest BCUT2D eigenvalue weighted by atomic mass is 35.5. The first-order chi connectivity index (χ1) is 9.28. The van der Waals surface area contributed by atoms with E-state index >= 15 is 0 Å². The van der Waals surface area contributed by atoms with Gasteiger partial charge in [-0.05, 0) is 49.4 Å². The molecule has 2 nitrogen and oxygen atoms in total. The molecule has 1 aromatic carbocycles. The Hall–Kier alpha value is -0.570. The van der Waals surface area contributed by atoms with Crippen molar-refractivity contribution < 1.29 is 0 Å². The third-order valence-electron chi connectivity index (χ3n) is 4.69. The molecule has 3 heteroatoms. The van der Waals surface area contributed by atoms with Gasteiger partial charge in [0.05, 0.1) is 0 Å². The molecule has 0 bridgehead atoms. The molecule has 3 unspecified atom stereocenters. The second-order valence-electron chi connectivity index (χ2n) is 5.90. The lowest BCUT2D eigenvalue weighted by Gasteiger charge is -2.27. The molecule has 2 fully saturated rings. The van der Waals surface area contributed by atoms with E-state index in [0.717, 1.165) is 17.4 Å². The van der Waals surface area contributed by atoms with E-state index in [0.29, 0.717) is 12.1 Å². The number of benzene rings is 1. The van der Waals surface area contributed by atoms with Crippen molar-refractivity contribution in [3.05, 3.63) is 34.9 Å². The topological polar surface area (TPSA) is 15.3 Å². The van der Waals surface area contributed by atoms with Crippen LogP contribution in [0.5, 0.6) is 0 Å². The van der Waals surface area contributed by atoms with Crippen LogP contribution in [0.2, 0.25) is 5.02 Å². The lowest BCUT2D eigenvalue weighted by atomic mass is 9.94. The molecule has 0 aromatic heterocycles. The van der Waals surface area contributed by atoms with Crippen LogP contribution in [0, 0.1) is 5.92 Å². The first-order valence-electron chi connectivity index (χ1n) is 7.51. The van der Waals surface area contributed by atoms with Crippen molar-refractivity contribution >= 4 is 11.6 Å². The van der Waals surface area contributed by atoms with Crippen molar-refractivity contribution in [3.63, 3.8) is 0 Å². The number of hydrogen-bond donors (Lipinski definition) is 1. The summed E-state index contributed by atoms with van der Waals surface area (Å²) >= 11 is 6.14. The predicted molar refractivity (Wildman–Crippen MR) is 80.6 cm³/mol. The van der Waals surface area contributed by atoms with E-state index in [1.54, 1.807) is 0 Å². The Balaban J connectivity index is 1.76. The smallest absolute Gasteiger partial charge is 0.0409 e. The van der Waals surface area contributed by atoms with Gasteiger partial charge in [-0.1, -0.05) is 30.7 Å². The summed E-state index contributed by atoms with van der Waals surface area (Å²) in [5.41, 5.74) is 1.37. The molecule has 3 atom stereocenters. The fourth-order valence-electron chi connectivity index (χ4n) is 3.75. The van der Waals surface area contributed by atoms with Gasteiger partial charge in [-0.15, -0.1) is 0 Å². The van der Waals surface area contributed by atoms with E-state index in [-0.39, 0.29) is 0 Å². The molecule has 0 aliphatic carbocycles. The third-order valence-corrected chi connectivity index (χ3v) is 4.92. The minimum absolute atomic E-state index is 0.520. The average molecular weight is 279 g/mol. The van der Waals surface area contributed by atoms with E-state index in [1.807, 2.05) is 6.07 Å². The maximum Gasteiger partial charge on any atom is 0.0409 e. The third kappa shape index (κ3) is 2.81. The fourth-order valence-corrected chi connectivity index (χ4v) is 3.95. The highest BCUT2D eigenvalue weighted by molar-refractivity contribution is 6.30. The van der Waals surface area contributed by atoms with Crippen molar-refractivity contribution in [1.29, 1.82) is 0 Å². The molecule has 19 heavy (non-hydrogen) atoms. The quantitative estimate of drug-likeness (QED) is 0.911.